The highest BCUT2D eigenvalue weighted by molar-refractivity contribution is 5.30. The molecule has 1 aromatic rings. The number of hydrogen-bond acceptors (Lipinski definition) is 4. The highest BCUT2D eigenvalue weighted by Crippen LogP contribution is 2.33. The summed E-state index contributed by atoms with van der Waals surface area (Å²) in [5.41, 5.74) is 0.675. The third-order valence-corrected chi connectivity index (χ3v) is 3.26. The van der Waals surface area contributed by atoms with Crippen LogP contribution in [0.4, 0.5) is 0 Å². The minimum atomic E-state index is -0.337. The molecule has 0 aromatic carbocycles. The Labute approximate surface area is 109 Å². The maximum Gasteiger partial charge on any atom is 0.161 e. The Hall–Kier alpha value is -1.07. The SMILES string of the molecule is CCCNC(c1c(OC)cnn1C)C(C)(C)OC. The number of rotatable bonds is 7. The molecule has 0 bridgehead atoms. The molecular formula is C13H25N3O2. The number of ether oxygens (including phenoxy) is 2. The fourth-order valence-corrected chi connectivity index (χ4v) is 1.99. The van der Waals surface area contributed by atoms with Crippen LogP contribution >= 0.6 is 0 Å². The topological polar surface area (TPSA) is 48.3 Å². The van der Waals surface area contributed by atoms with E-state index < -0.39 is 0 Å². The molecule has 0 aliphatic rings. The first-order chi connectivity index (χ1) is 8.47. The van der Waals surface area contributed by atoms with Crippen molar-refractivity contribution in [2.45, 2.75) is 38.8 Å². The fourth-order valence-electron chi connectivity index (χ4n) is 1.99. The second kappa shape index (κ2) is 6.20. The molecule has 1 atom stereocenters. The molecule has 1 aromatic heterocycles. The van der Waals surface area contributed by atoms with Crippen LogP contribution in [0.1, 0.15) is 38.9 Å². The number of nitrogens with one attached hydrogen (secondary N) is 1. The maximum atomic E-state index is 5.62. The van der Waals surface area contributed by atoms with Crippen LogP contribution in [0.3, 0.4) is 0 Å². The van der Waals surface area contributed by atoms with Crippen LogP contribution in [-0.4, -0.2) is 36.1 Å². The van der Waals surface area contributed by atoms with Crippen LogP contribution in [0.2, 0.25) is 0 Å². The van der Waals surface area contributed by atoms with Crippen LogP contribution < -0.4 is 10.1 Å². The monoisotopic (exact) mass is 255 g/mol. The lowest BCUT2D eigenvalue weighted by atomic mass is 9.94. The Kier molecular flexibility index (Phi) is 5.16. The Morgan fingerprint density at radius 3 is 2.61 bits per heavy atom. The van der Waals surface area contributed by atoms with Gasteiger partial charge in [0, 0.05) is 14.2 Å². The first-order valence-electron chi connectivity index (χ1n) is 6.32. The van der Waals surface area contributed by atoms with E-state index in [1.54, 1.807) is 20.4 Å². The summed E-state index contributed by atoms with van der Waals surface area (Å²) < 4.78 is 12.8. The van der Waals surface area contributed by atoms with Crippen molar-refractivity contribution < 1.29 is 9.47 Å². The van der Waals surface area contributed by atoms with Crippen molar-refractivity contribution in [3.05, 3.63) is 11.9 Å². The van der Waals surface area contributed by atoms with Crippen molar-refractivity contribution in [3.63, 3.8) is 0 Å². The zero-order chi connectivity index (χ0) is 13.8. The van der Waals surface area contributed by atoms with Gasteiger partial charge < -0.3 is 14.8 Å². The van der Waals surface area contributed by atoms with Crippen LogP contribution in [0.25, 0.3) is 0 Å². The molecule has 0 aliphatic heterocycles. The first-order valence-corrected chi connectivity index (χ1v) is 6.32. The van der Waals surface area contributed by atoms with Gasteiger partial charge in [0.2, 0.25) is 0 Å². The zero-order valence-electron chi connectivity index (χ0n) is 12.3. The second-order valence-corrected chi connectivity index (χ2v) is 4.92. The van der Waals surface area contributed by atoms with Gasteiger partial charge in [0.1, 0.15) is 0 Å². The molecule has 18 heavy (non-hydrogen) atoms. The Bertz CT molecular complexity index is 374. The summed E-state index contributed by atoms with van der Waals surface area (Å²) in [4.78, 5) is 0. The molecule has 0 radical (unpaired) electrons. The molecule has 1 rings (SSSR count). The first kappa shape index (κ1) is 15.0. The minimum absolute atomic E-state index is 0.0323. The molecule has 5 heteroatoms. The number of hydrogen-bond donors (Lipinski definition) is 1. The average molecular weight is 255 g/mol. The van der Waals surface area contributed by atoms with E-state index in [1.807, 2.05) is 11.7 Å². The lowest BCUT2D eigenvalue weighted by Crippen LogP contribution is -2.42. The molecule has 1 N–H and O–H groups in total. The molecular weight excluding hydrogens is 230 g/mol. The van der Waals surface area contributed by atoms with Gasteiger partial charge in [-0.1, -0.05) is 6.92 Å². The minimum Gasteiger partial charge on any atom is -0.493 e. The summed E-state index contributed by atoms with van der Waals surface area (Å²) in [5.74, 6) is 0.788. The van der Waals surface area contributed by atoms with Crippen molar-refractivity contribution in [2.24, 2.45) is 7.05 Å². The third-order valence-electron chi connectivity index (χ3n) is 3.26. The predicted octanol–water partition coefficient (Wildman–Crippen LogP) is 1.89. The van der Waals surface area contributed by atoms with Gasteiger partial charge in [-0.15, -0.1) is 0 Å². The summed E-state index contributed by atoms with van der Waals surface area (Å²) in [7, 11) is 5.31. The van der Waals surface area contributed by atoms with Crippen molar-refractivity contribution in [1.29, 1.82) is 0 Å². The molecule has 0 saturated carbocycles. The molecule has 1 heterocycles. The molecule has 104 valence electrons. The normalized spacial score (nSPS) is 13.7. The van der Waals surface area contributed by atoms with Crippen molar-refractivity contribution >= 4 is 0 Å². The molecule has 0 fully saturated rings. The van der Waals surface area contributed by atoms with Crippen LogP contribution in [0.15, 0.2) is 6.20 Å². The van der Waals surface area contributed by atoms with E-state index in [1.165, 1.54) is 0 Å². The standard InChI is InChI=1S/C13H25N3O2/c1-7-8-14-12(13(2,3)18-6)11-10(17-5)9-15-16(11)4/h9,12,14H,7-8H2,1-6H3. The quantitative estimate of drug-likeness (QED) is 0.808. The number of nitrogens with zero attached hydrogens (tertiary/aromatic N) is 2. The zero-order valence-corrected chi connectivity index (χ0v) is 12.3. The Morgan fingerprint density at radius 1 is 1.44 bits per heavy atom. The van der Waals surface area contributed by atoms with Gasteiger partial charge in [-0.05, 0) is 26.8 Å². The Balaban J connectivity index is 3.12. The van der Waals surface area contributed by atoms with E-state index >= 15 is 0 Å². The van der Waals surface area contributed by atoms with E-state index in [0.717, 1.165) is 24.4 Å². The van der Waals surface area contributed by atoms with E-state index in [-0.39, 0.29) is 11.6 Å². The lowest BCUT2D eigenvalue weighted by molar-refractivity contribution is -0.0138. The van der Waals surface area contributed by atoms with E-state index in [2.05, 4.69) is 31.2 Å². The predicted molar refractivity (Wildman–Crippen MR) is 71.9 cm³/mol. The largest absolute Gasteiger partial charge is 0.493 e. The fraction of sp³-hybridized carbons (Fsp3) is 0.769. The highest BCUT2D eigenvalue weighted by Gasteiger charge is 2.34. The Morgan fingerprint density at radius 2 is 2.11 bits per heavy atom. The highest BCUT2D eigenvalue weighted by atomic mass is 16.5. The van der Waals surface area contributed by atoms with Crippen molar-refractivity contribution in [3.8, 4) is 5.75 Å². The van der Waals surface area contributed by atoms with Gasteiger partial charge in [0.05, 0.1) is 30.6 Å². The lowest BCUT2D eigenvalue weighted by Gasteiger charge is -2.34. The molecule has 0 amide bonds. The molecule has 0 saturated heterocycles. The summed E-state index contributed by atoms with van der Waals surface area (Å²) in [6.45, 7) is 7.19. The van der Waals surface area contributed by atoms with Crippen LogP contribution in [0.5, 0.6) is 5.75 Å². The summed E-state index contributed by atoms with van der Waals surface area (Å²) in [6, 6.07) is 0.0323. The van der Waals surface area contributed by atoms with Gasteiger partial charge in [-0.25, -0.2) is 0 Å². The number of aryl methyl sites for hydroxylation is 1. The summed E-state index contributed by atoms with van der Waals surface area (Å²) in [6.07, 6.45) is 2.80. The molecule has 0 spiro atoms. The average Bonchev–Trinajstić information content (AvgIpc) is 2.71. The van der Waals surface area contributed by atoms with Gasteiger partial charge in [0.15, 0.2) is 5.75 Å². The van der Waals surface area contributed by atoms with Crippen LogP contribution in [-0.2, 0) is 11.8 Å². The third kappa shape index (κ3) is 3.03. The van der Waals surface area contributed by atoms with Crippen molar-refractivity contribution in [2.75, 3.05) is 20.8 Å². The summed E-state index contributed by atoms with van der Waals surface area (Å²) in [5, 5.41) is 7.77. The number of aromatic nitrogens is 2. The van der Waals surface area contributed by atoms with E-state index in [4.69, 9.17) is 9.47 Å². The molecule has 5 nitrogen and oxygen atoms in total. The van der Waals surface area contributed by atoms with Crippen LogP contribution in [0, 0.1) is 0 Å². The van der Waals surface area contributed by atoms with Gasteiger partial charge in [0.25, 0.3) is 0 Å². The molecule has 1 unspecified atom stereocenters. The van der Waals surface area contributed by atoms with Gasteiger partial charge >= 0.3 is 0 Å². The smallest absolute Gasteiger partial charge is 0.161 e. The number of methoxy groups -OCH3 is 2. The second-order valence-electron chi connectivity index (χ2n) is 4.92. The molecule has 0 aliphatic carbocycles. The summed E-state index contributed by atoms with van der Waals surface area (Å²) >= 11 is 0. The van der Waals surface area contributed by atoms with Gasteiger partial charge in [-0.3, -0.25) is 4.68 Å². The maximum absolute atomic E-state index is 5.62. The van der Waals surface area contributed by atoms with E-state index in [9.17, 15) is 0 Å². The van der Waals surface area contributed by atoms with Crippen molar-refractivity contribution in [1.82, 2.24) is 15.1 Å². The van der Waals surface area contributed by atoms with E-state index in [0.29, 0.717) is 0 Å². The van der Waals surface area contributed by atoms with Gasteiger partial charge in [-0.2, -0.15) is 5.10 Å².